The molecule has 1 N–H and O–H groups in total. The zero-order valence-corrected chi connectivity index (χ0v) is 16.8. The molecule has 3 heterocycles. The first kappa shape index (κ1) is 19.4. The maximum atomic E-state index is 13.4. The molecule has 6 heteroatoms. The van der Waals surface area contributed by atoms with Gasteiger partial charge in [0.25, 0.3) is 11.5 Å². The normalized spacial score (nSPS) is 21.7. The number of H-pyrrole nitrogens is 1. The molecule has 29 heavy (non-hydrogen) atoms. The number of hydrogen-bond acceptors (Lipinski definition) is 3. The van der Waals surface area contributed by atoms with E-state index in [1.165, 1.54) is 0 Å². The van der Waals surface area contributed by atoms with Gasteiger partial charge in [-0.05, 0) is 49.6 Å². The molecule has 2 unspecified atom stereocenters. The highest BCUT2D eigenvalue weighted by molar-refractivity contribution is 5.99. The van der Waals surface area contributed by atoms with Gasteiger partial charge in [-0.1, -0.05) is 24.3 Å². The van der Waals surface area contributed by atoms with Crippen LogP contribution in [0, 0.1) is 6.92 Å². The smallest absolute Gasteiger partial charge is 0.270 e. The Morgan fingerprint density at radius 1 is 1.17 bits per heavy atom. The summed E-state index contributed by atoms with van der Waals surface area (Å²) in [5.74, 6) is -0.0617. The van der Waals surface area contributed by atoms with Gasteiger partial charge >= 0.3 is 0 Å². The summed E-state index contributed by atoms with van der Waals surface area (Å²) in [6.07, 6.45) is 5.69. The highest BCUT2D eigenvalue weighted by Gasteiger charge is 2.38. The number of fused-ring (bicyclic) bond motifs is 3. The highest BCUT2D eigenvalue weighted by Crippen LogP contribution is 2.30. The fourth-order valence-corrected chi connectivity index (χ4v) is 4.89. The fraction of sp³-hybridized carbons (Fsp3) is 0.435. The molecule has 0 radical (unpaired) electrons. The van der Waals surface area contributed by atoms with E-state index in [9.17, 15) is 14.4 Å². The molecule has 2 atom stereocenters. The molecule has 6 nitrogen and oxygen atoms in total. The average molecular weight is 393 g/mol. The first-order valence-electron chi connectivity index (χ1n) is 10.3. The molecule has 2 aromatic rings. The van der Waals surface area contributed by atoms with E-state index in [0.29, 0.717) is 30.6 Å². The zero-order valence-electron chi connectivity index (χ0n) is 16.8. The number of benzene rings is 1. The van der Waals surface area contributed by atoms with Crippen LogP contribution in [0.15, 0.2) is 41.7 Å². The number of amides is 2. The van der Waals surface area contributed by atoms with Crippen molar-refractivity contribution in [1.82, 2.24) is 14.8 Å². The van der Waals surface area contributed by atoms with Crippen molar-refractivity contribution < 1.29 is 9.59 Å². The van der Waals surface area contributed by atoms with Crippen LogP contribution in [0.1, 0.15) is 48.2 Å². The van der Waals surface area contributed by atoms with Crippen molar-refractivity contribution in [2.75, 3.05) is 13.1 Å². The number of piperidine rings is 1. The molecular weight excluding hydrogens is 366 g/mol. The van der Waals surface area contributed by atoms with Crippen molar-refractivity contribution >= 4 is 22.6 Å². The van der Waals surface area contributed by atoms with Crippen molar-refractivity contribution in [1.29, 1.82) is 0 Å². The van der Waals surface area contributed by atoms with E-state index in [1.54, 1.807) is 12.1 Å². The second kappa shape index (κ2) is 7.85. The molecular formula is C23H27N3O3. The predicted octanol–water partition coefficient (Wildman–Crippen LogP) is 3.01. The van der Waals surface area contributed by atoms with E-state index in [-0.39, 0.29) is 29.5 Å². The average Bonchev–Trinajstić information content (AvgIpc) is 2.83. The number of carbonyl (C=O) groups is 2. The molecule has 2 saturated heterocycles. The molecule has 1 aromatic heterocycles. The third-order valence-electron chi connectivity index (χ3n) is 6.32. The van der Waals surface area contributed by atoms with Crippen LogP contribution in [0.5, 0.6) is 0 Å². The minimum Gasteiger partial charge on any atom is -0.335 e. The van der Waals surface area contributed by atoms with Gasteiger partial charge in [-0.25, -0.2) is 0 Å². The van der Waals surface area contributed by atoms with E-state index in [0.717, 1.165) is 36.6 Å². The maximum Gasteiger partial charge on any atom is 0.270 e. The monoisotopic (exact) mass is 393 g/mol. The molecule has 2 aliphatic heterocycles. The molecule has 4 rings (SSSR count). The van der Waals surface area contributed by atoms with Crippen LogP contribution < -0.4 is 5.56 Å². The van der Waals surface area contributed by atoms with Gasteiger partial charge in [0.1, 0.15) is 5.69 Å². The fourth-order valence-electron chi connectivity index (χ4n) is 4.89. The Hall–Kier alpha value is -2.89. The Kier molecular flexibility index (Phi) is 5.26. The second-order valence-corrected chi connectivity index (χ2v) is 8.07. The number of aromatic amines is 1. The number of rotatable bonds is 3. The van der Waals surface area contributed by atoms with Crippen LogP contribution in [0.4, 0.5) is 0 Å². The van der Waals surface area contributed by atoms with Crippen LogP contribution in [-0.2, 0) is 4.79 Å². The summed E-state index contributed by atoms with van der Waals surface area (Å²) in [5, 5.41) is 1.39. The van der Waals surface area contributed by atoms with Crippen LogP contribution in [0.25, 0.3) is 10.8 Å². The van der Waals surface area contributed by atoms with Gasteiger partial charge in [0.15, 0.2) is 0 Å². The van der Waals surface area contributed by atoms with E-state index in [4.69, 9.17) is 0 Å². The number of carbonyl (C=O) groups excluding carboxylic acids is 2. The Morgan fingerprint density at radius 2 is 1.90 bits per heavy atom. The maximum absolute atomic E-state index is 13.4. The van der Waals surface area contributed by atoms with Crippen molar-refractivity contribution in [2.24, 2.45) is 0 Å². The van der Waals surface area contributed by atoms with Crippen LogP contribution >= 0.6 is 0 Å². The quantitative estimate of drug-likeness (QED) is 0.815. The van der Waals surface area contributed by atoms with Crippen molar-refractivity contribution in [3.05, 3.63) is 58.5 Å². The van der Waals surface area contributed by atoms with Gasteiger partial charge in [0.2, 0.25) is 5.91 Å². The van der Waals surface area contributed by atoms with Gasteiger partial charge in [-0.2, -0.15) is 0 Å². The summed E-state index contributed by atoms with van der Waals surface area (Å²) in [6.45, 7) is 6.67. The van der Waals surface area contributed by atoms with E-state index >= 15 is 0 Å². The van der Waals surface area contributed by atoms with E-state index in [2.05, 4.69) is 11.6 Å². The molecule has 2 aliphatic rings. The Labute approximate surface area is 170 Å². The summed E-state index contributed by atoms with van der Waals surface area (Å²) in [7, 11) is 0. The minimum atomic E-state index is -0.245. The lowest BCUT2D eigenvalue weighted by molar-refractivity contribution is -0.136. The number of aromatic nitrogens is 1. The van der Waals surface area contributed by atoms with Crippen LogP contribution in [-0.4, -0.2) is 51.8 Å². The van der Waals surface area contributed by atoms with Gasteiger partial charge in [0, 0.05) is 37.0 Å². The lowest BCUT2D eigenvalue weighted by Crippen LogP contribution is -2.51. The zero-order chi connectivity index (χ0) is 20.5. The Morgan fingerprint density at radius 3 is 2.66 bits per heavy atom. The molecule has 152 valence electrons. The van der Waals surface area contributed by atoms with Crippen LogP contribution in [0.3, 0.4) is 0 Å². The molecule has 0 saturated carbocycles. The molecule has 2 bridgehead atoms. The third-order valence-corrected chi connectivity index (χ3v) is 6.32. The van der Waals surface area contributed by atoms with Crippen molar-refractivity contribution in [3.8, 4) is 0 Å². The van der Waals surface area contributed by atoms with Gasteiger partial charge in [0.05, 0.1) is 0 Å². The lowest BCUT2D eigenvalue weighted by Gasteiger charge is -2.40. The molecule has 0 aliphatic carbocycles. The molecule has 0 spiro atoms. The van der Waals surface area contributed by atoms with E-state index < -0.39 is 0 Å². The Bertz CT molecular complexity index is 1030. The van der Waals surface area contributed by atoms with E-state index in [1.807, 2.05) is 34.9 Å². The van der Waals surface area contributed by atoms with Gasteiger partial charge in [-0.15, -0.1) is 6.58 Å². The molecule has 2 fully saturated rings. The molecule has 2 amide bonds. The highest BCUT2D eigenvalue weighted by atomic mass is 16.2. The van der Waals surface area contributed by atoms with Gasteiger partial charge in [-0.3, -0.25) is 14.4 Å². The topological polar surface area (TPSA) is 73.5 Å². The third kappa shape index (κ3) is 3.48. The Balaban J connectivity index is 1.66. The first-order chi connectivity index (χ1) is 14.0. The largest absolute Gasteiger partial charge is 0.335 e. The van der Waals surface area contributed by atoms with Gasteiger partial charge < -0.3 is 14.8 Å². The standard InChI is InChI=1S/C23H27N3O3/c1-3-7-20(27)26-16-8-6-9-17(26)14-25(13-12-16)23(29)21-15(2)18-10-4-5-11-19(18)22(28)24-21/h3-5,10-11,16-17H,1,6-9,12-14H2,2H3,(H,24,28). The summed E-state index contributed by atoms with van der Waals surface area (Å²) in [6, 6.07) is 7.55. The van der Waals surface area contributed by atoms with Crippen molar-refractivity contribution in [2.45, 2.75) is 51.1 Å². The first-order valence-corrected chi connectivity index (χ1v) is 10.3. The molecule has 1 aromatic carbocycles. The summed E-state index contributed by atoms with van der Waals surface area (Å²) in [5.41, 5.74) is 0.900. The summed E-state index contributed by atoms with van der Waals surface area (Å²) >= 11 is 0. The number of pyridine rings is 1. The van der Waals surface area contributed by atoms with Crippen molar-refractivity contribution in [3.63, 3.8) is 0 Å². The minimum absolute atomic E-state index is 0.0279. The van der Waals surface area contributed by atoms with Crippen LogP contribution in [0.2, 0.25) is 0 Å². The summed E-state index contributed by atoms with van der Waals surface area (Å²) < 4.78 is 0. The number of nitrogens with zero attached hydrogens (tertiary/aromatic N) is 2. The SMILES string of the molecule is C=CCC(=O)N1C2CCCC1CN(C(=O)c1[nH]c(=O)c3ccccc3c1C)CC2. The lowest BCUT2D eigenvalue weighted by atomic mass is 9.94. The number of nitrogens with one attached hydrogen (secondary N) is 1. The number of aryl methyl sites for hydroxylation is 1. The number of hydrogen-bond donors (Lipinski definition) is 1. The second-order valence-electron chi connectivity index (χ2n) is 8.07. The summed E-state index contributed by atoms with van der Waals surface area (Å²) in [4.78, 5) is 45.2. The predicted molar refractivity (Wildman–Crippen MR) is 113 cm³/mol.